The van der Waals surface area contributed by atoms with Gasteiger partial charge in [-0.05, 0) is 30.4 Å². The number of nitrogens with two attached hydrogens (primary N) is 1. The standard InChI is InChI=1S/C22H28N4O6/c23-18(27)10-9-16(21(30)31)24-19(28)8-2-1-5-11-25-20(29)17-12-14-6-3-4-7-15(14)13-26(17)22(25)32/h3-4,6-7,16-17H,1-2,5,8-13H2,(H2,23,27)(H,24,28)(H,30,31)/t16-,17-/m0/s1. The van der Waals surface area contributed by atoms with Crippen molar-refractivity contribution in [1.29, 1.82) is 0 Å². The van der Waals surface area contributed by atoms with E-state index >= 15 is 0 Å². The van der Waals surface area contributed by atoms with E-state index in [1.807, 2.05) is 24.3 Å². The Balaban J connectivity index is 1.40. The Hall–Kier alpha value is -3.43. The van der Waals surface area contributed by atoms with E-state index < -0.39 is 29.9 Å². The summed E-state index contributed by atoms with van der Waals surface area (Å²) < 4.78 is 0. The zero-order valence-electron chi connectivity index (χ0n) is 17.8. The number of unbranched alkanes of at least 4 members (excludes halogenated alkanes) is 2. The molecule has 5 amide bonds. The Morgan fingerprint density at radius 3 is 2.50 bits per heavy atom. The van der Waals surface area contributed by atoms with Gasteiger partial charge in [-0.3, -0.25) is 19.3 Å². The first-order chi connectivity index (χ1) is 15.3. The van der Waals surface area contributed by atoms with Crippen molar-refractivity contribution in [2.75, 3.05) is 6.54 Å². The molecule has 10 nitrogen and oxygen atoms in total. The summed E-state index contributed by atoms with van der Waals surface area (Å²) in [5, 5.41) is 11.5. The summed E-state index contributed by atoms with van der Waals surface area (Å²) in [6.07, 6.45) is 2.11. The molecule has 32 heavy (non-hydrogen) atoms. The van der Waals surface area contributed by atoms with E-state index in [1.54, 1.807) is 4.90 Å². The summed E-state index contributed by atoms with van der Waals surface area (Å²) >= 11 is 0. The summed E-state index contributed by atoms with van der Waals surface area (Å²) in [5.41, 5.74) is 7.18. The lowest BCUT2D eigenvalue weighted by atomic mass is 9.95. The molecule has 0 bridgehead atoms. The number of primary amides is 1. The number of carbonyl (C=O) groups excluding carboxylic acids is 4. The minimum atomic E-state index is -1.22. The summed E-state index contributed by atoms with van der Waals surface area (Å²) in [5.74, 6) is -2.45. The Kier molecular flexibility index (Phi) is 7.45. The van der Waals surface area contributed by atoms with Gasteiger partial charge in [0.25, 0.3) is 5.91 Å². The number of carboxylic acids is 1. The van der Waals surface area contributed by atoms with E-state index in [9.17, 15) is 24.0 Å². The number of carboxylic acid groups (broad SMARTS) is 1. The van der Waals surface area contributed by atoms with Gasteiger partial charge < -0.3 is 21.1 Å². The lowest BCUT2D eigenvalue weighted by Gasteiger charge is -2.28. The summed E-state index contributed by atoms with van der Waals surface area (Å²) in [4.78, 5) is 62.3. The number of hydrogen-bond donors (Lipinski definition) is 3. The van der Waals surface area contributed by atoms with E-state index in [2.05, 4.69) is 5.32 Å². The van der Waals surface area contributed by atoms with Crippen molar-refractivity contribution in [3.63, 3.8) is 0 Å². The van der Waals surface area contributed by atoms with Gasteiger partial charge in [0.2, 0.25) is 11.8 Å². The maximum atomic E-state index is 12.7. The molecule has 2 aliphatic rings. The van der Waals surface area contributed by atoms with Crippen LogP contribution in [0.25, 0.3) is 0 Å². The number of aliphatic carboxylic acids is 1. The predicted octanol–water partition coefficient (Wildman–Crippen LogP) is 0.771. The smallest absolute Gasteiger partial charge is 0.327 e. The molecule has 0 aromatic heterocycles. The average Bonchev–Trinajstić information content (AvgIpc) is 2.98. The van der Waals surface area contributed by atoms with E-state index in [-0.39, 0.29) is 31.2 Å². The zero-order chi connectivity index (χ0) is 23.3. The van der Waals surface area contributed by atoms with Crippen molar-refractivity contribution in [3.05, 3.63) is 35.4 Å². The second-order valence-corrected chi connectivity index (χ2v) is 8.16. The van der Waals surface area contributed by atoms with Gasteiger partial charge in [-0.15, -0.1) is 0 Å². The Morgan fingerprint density at radius 1 is 1.09 bits per heavy atom. The van der Waals surface area contributed by atoms with Crippen molar-refractivity contribution in [2.45, 2.75) is 63.6 Å². The van der Waals surface area contributed by atoms with Gasteiger partial charge in [0, 0.05) is 32.4 Å². The number of hydrogen-bond acceptors (Lipinski definition) is 5. The molecule has 172 valence electrons. The highest BCUT2D eigenvalue weighted by atomic mass is 16.4. The van der Waals surface area contributed by atoms with Crippen LogP contribution >= 0.6 is 0 Å². The predicted molar refractivity (Wildman–Crippen MR) is 113 cm³/mol. The third-order valence-corrected chi connectivity index (χ3v) is 5.87. The third kappa shape index (κ3) is 5.43. The highest BCUT2D eigenvalue weighted by molar-refractivity contribution is 6.04. The van der Waals surface area contributed by atoms with Crippen molar-refractivity contribution >= 4 is 29.7 Å². The lowest BCUT2D eigenvalue weighted by Crippen LogP contribution is -2.41. The molecule has 0 aliphatic carbocycles. The van der Waals surface area contributed by atoms with Crippen LogP contribution in [0.2, 0.25) is 0 Å². The number of nitrogens with one attached hydrogen (secondary N) is 1. The monoisotopic (exact) mass is 444 g/mol. The Morgan fingerprint density at radius 2 is 1.81 bits per heavy atom. The Bertz CT molecular complexity index is 874. The van der Waals surface area contributed by atoms with Crippen molar-refractivity contribution in [2.24, 2.45) is 5.73 Å². The lowest BCUT2D eigenvalue weighted by molar-refractivity contribution is -0.142. The number of nitrogens with zero attached hydrogens (tertiary/aromatic N) is 2. The third-order valence-electron chi connectivity index (χ3n) is 5.87. The molecule has 3 rings (SSSR count). The van der Waals surface area contributed by atoms with Crippen LogP contribution < -0.4 is 11.1 Å². The van der Waals surface area contributed by atoms with E-state index in [0.29, 0.717) is 38.8 Å². The molecule has 1 saturated heterocycles. The van der Waals surface area contributed by atoms with Crippen molar-refractivity contribution in [3.8, 4) is 0 Å². The summed E-state index contributed by atoms with van der Waals surface area (Å²) in [6, 6.07) is 5.94. The zero-order valence-corrected chi connectivity index (χ0v) is 17.8. The number of fused-ring (bicyclic) bond motifs is 2. The van der Waals surface area contributed by atoms with Crippen LogP contribution in [0.3, 0.4) is 0 Å². The maximum absolute atomic E-state index is 12.7. The molecule has 1 aromatic carbocycles. The minimum Gasteiger partial charge on any atom is -0.480 e. The van der Waals surface area contributed by atoms with E-state index in [1.165, 1.54) is 4.90 Å². The minimum absolute atomic E-state index is 0.0584. The molecular weight excluding hydrogens is 416 g/mol. The van der Waals surface area contributed by atoms with Gasteiger partial charge in [-0.1, -0.05) is 30.7 Å². The first-order valence-corrected chi connectivity index (χ1v) is 10.8. The van der Waals surface area contributed by atoms with Crippen LogP contribution in [0, 0.1) is 0 Å². The Labute approximate surface area is 185 Å². The van der Waals surface area contributed by atoms with Gasteiger partial charge in [0.1, 0.15) is 12.1 Å². The number of carbonyl (C=O) groups is 5. The largest absolute Gasteiger partial charge is 0.480 e. The molecule has 2 heterocycles. The fraction of sp³-hybridized carbons (Fsp3) is 0.500. The number of amides is 5. The van der Waals surface area contributed by atoms with Crippen LogP contribution in [0.15, 0.2) is 24.3 Å². The summed E-state index contributed by atoms with van der Waals surface area (Å²) in [6.45, 7) is 0.724. The average molecular weight is 444 g/mol. The molecule has 1 fully saturated rings. The maximum Gasteiger partial charge on any atom is 0.327 e. The molecule has 4 N–H and O–H groups in total. The van der Waals surface area contributed by atoms with Gasteiger partial charge in [0.15, 0.2) is 0 Å². The first-order valence-electron chi connectivity index (χ1n) is 10.8. The fourth-order valence-electron chi connectivity index (χ4n) is 4.12. The second kappa shape index (κ2) is 10.3. The van der Waals surface area contributed by atoms with Gasteiger partial charge in [-0.25, -0.2) is 9.59 Å². The number of benzene rings is 1. The topological polar surface area (TPSA) is 150 Å². The van der Waals surface area contributed by atoms with Gasteiger partial charge >= 0.3 is 12.0 Å². The van der Waals surface area contributed by atoms with E-state index in [4.69, 9.17) is 10.8 Å². The molecule has 10 heteroatoms. The second-order valence-electron chi connectivity index (χ2n) is 8.16. The molecule has 0 saturated carbocycles. The SMILES string of the molecule is NC(=O)CC[C@H](NC(=O)CCCCCN1C(=O)[C@@H]2Cc3ccccc3CN2C1=O)C(=O)O. The molecule has 0 unspecified atom stereocenters. The fourth-order valence-corrected chi connectivity index (χ4v) is 4.12. The van der Waals surface area contributed by atoms with Crippen LogP contribution in [-0.4, -0.2) is 63.3 Å². The van der Waals surface area contributed by atoms with E-state index in [0.717, 1.165) is 11.1 Å². The normalized spacial score (nSPS) is 18.2. The quantitative estimate of drug-likeness (QED) is 0.339. The highest BCUT2D eigenvalue weighted by Gasteiger charge is 2.46. The van der Waals surface area contributed by atoms with Gasteiger partial charge in [0.05, 0.1) is 0 Å². The molecule has 2 atom stereocenters. The van der Waals surface area contributed by atoms with Gasteiger partial charge in [-0.2, -0.15) is 0 Å². The molecule has 0 spiro atoms. The van der Waals surface area contributed by atoms with Crippen LogP contribution in [0.5, 0.6) is 0 Å². The number of imide groups is 1. The molecular formula is C22H28N4O6. The number of rotatable bonds is 11. The van der Waals surface area contributed by atoms with Crippen molar-refractivity contribution < 1.29 is 29.1 Å². The molecule has 1 aromatic rings. The van der Waals surface area contributed by atoms with Crippen LogP contribution in [-0.2, 0) is 32.1 Å². The number of urea groups is 1. The van der Waals surface area contributed by atoms with Crippen LogP contribution in [0.1, 0.15) is 49.7 Å². The first kappa shape index (κ1) is 23.2. The van der Waals surface area contributed by atoms with Crippen LogP contribution in [0.4, 0.5) is 4.79 Å². The molecule has 0 radical (unpaired) electrons. The highest BCUT2D eigenvalue weighted by Crippen LogP contribution is 2.30. The van der Waals surface area contributed by atoms with Crippen molar-refractivity contribution in [1.82, 2.24) is 15.1 Å². The summed E-state index contributed by atoms with van der Waals surface area (Å²) in [7, 11) is 0. The molecule has 2 aliphatic heterocycles.